The molecule has 0 nitrogen and oxygen atoms in total. The van der Waals surface area contributed by atoms with E-state index in [9.17, 15) is 0 Å². The molecule has 0 amide bonds. The predicted molar refractivity (Wildman–Crippen MR) is 119 cm³/mol. The normalized spacial score (nSPS) is 17.1. The molecule has 2 aliphatic carbocycles. The summed E-state index contributed by atoms with van der Waals surface area (Å²) in [6.45, 7) is 9.50. The second kappa shape index (κ2) is 4.94. The Kier molecular flexibility index (Phi) is 2.85. The van der Waals surface area contributed by atoms with E-state index in [-0.39, 0.29) is 10.8 Å². The van der Waals surface area contributed by atoms with Gasteiger partial charge in [0.05, 0.1) is 0 Å². The van der Waals surface area contributed by atoms with Gasteiger partial charge in [0, 0.05) is 10.8 Å². The lowest BCUT2D eigenvalue weighted by atomic mass is 9.67. The Bertz CT molecular complexity index is 1300. The average Bonchev–Trinajstić information content (AvgIpc) is 2.93. The fourth-order valence-corrected chi connectivity index (χ4v) is 5.72. The first-order valence-corrected chi connectivity index (χ1v) is 10.2. The van der Waals surface area contributed by atoms with Gasteiger partial charge in [-0.15, -0.1) is 0 Å². The Morgan fingerprint density at radius 2 is 1.00 bits per heavy atom. The molecule has 0 saturated heterocycles. The smallest absolute Gasteiger partial charge is 0.0159 e. The molecule has 0 unspecified atom stereocenters. The summed E-state index contributed by atoms with van der Waals surface area (Å²) in [5.74, 6) is 0. The molecular formula is C28H24. The lowest BCUT2D eigenvalue weighted by Crippen LogP contribution is -2.24. The minimum atomic E-state index is -0.0140. The quantitative estimate of drug-likeness (QED) is 0.305. The van der Waals surface area contributed by atoms with Crippen LogP contribution in [0.1, 0.15) is 49.9 Å². The maximum atomic E-state index is 2.50. The third-order valence-electron chi connectivity index (χ3n) is 7.26. The molecular weight excluding hydrogens is 336 g/mol. The van der Waals surface area contributed by atoms with Crippen LogP contribution in [-0.4, -0.2) is 0 Å². The van der Waals surface area contributed by atoms with Crippen LogP contribution >= 0.6 is 0 Å². The number of fused-ring (bicyclic) bond motifs is 5. The van der Waals surface area contributed by atoms with Gasteiger partial charge in [0.15, 0.2) is 0 Å². The van der Waals surface area contributed by atoms with E-state index >= 15 is 0 Å². The molecule has 0 aromatic heterocycles. The SMILES string of the molecule is CC1(C)c2ccccc2-c2cc3c(cc21)-c1cccc2cccc(c12)C3(C)C. The summed E-state index contributed by atoms with van der Waals surface area (Å²) in [6.07, 6.45) is 0. The van der Waals surface area contributed by atoms with Crippen molar-refractivity contribution in [3.63, 3.8) is 0 Å². The van der Waals surface area contributed by atoms with Gasteiger partial charge in [-0.05, 0) is 67.4 Å². The van der Waals surface area contributed by atoms with E-state index in [1.165, 1.54) is 55.3 Å². The third kappa shape index (κ3) is 1.77. The van der Waals surface area contributed by atoms with Crippen LogP contribution in [0.5, 0.6) is 0 Å². The highest BCUT2D eigenvalue weighted by molar-refractivity contribution is 6.04. The Balaban J connectivity index is 1.77. The van der Waals surface area contributed by atoms with Crippen molar-refractivity contribution in [2.45, 2.75) is 38.5 Å². The minimum absolute atomic E-state index is 0.0140. The maximum absolute atomic E-state index is 2.50. The van der Waals surface area contributed by atoms with Gasteiger partial charge in [0.25, 0.3) is 0 Å². The molecule has 0 spiro atoms. The molecule has 4 aromatic rings. The number of hydrogen-bond donors (Lipinski definition) is 0. The number of rotatable bonds is 0. The molecule has 0 aliphatic heterocycles. The Labute approximate surface area is 166 Å². The van der Waals surface area contributed by atoms with Crippen LogP contribution in [-0.2, 0) is 10.8 Å². The molecule has 2 aliphatic rings. The lowest BCUT2D eigenvalue weighted by Gasteiger charge is -2.36. The topological polar surface area (TPSA) is 0 Å². The van der Waals surface area contributed by atoms with E-state index in [1.54, 1.807) is 0 Å². The maximum Gasteiger partial charge on any atom is 0.0159 e. The van der Waals surface area contributed by atoms with Crippen molar-refractivity contribution < 1.29 is 0 Å². The Hall–Kier alpha value is -2.86. The van der Waals surface area contributed by atoms with E-state index in [2.05, 4.69) is 100 Å². The highest BCUT2D eigenvalue weighted by Crippen LogP contribution is 2.55. The van der Waals surface area contributed by atoms with Crippen molar-refractivity contribution in [2.75, 3.05) is 0 Å². The summed E-state index contributed by atoms with van der Waals surface area (Å²) in [5.41, 5.74) is 11.4. The van der Waals surface area contributed by atoms with Gasteiger partial charge < -0.3 is 0 Å². The zero-order valence-electron chi connectivity index (χ0n) is 16.9. The van der Waals surface area contributed by atoms with Gasteiger partial charge in [-0.2, -0.15) is 0 Å². The summed E-state index contributed by atoms with van der Waals surface area (Å²) in [7, 11) is 0. The molecule has 28 heavy (non-hydrogen) atoms. The van der Waals surface area contributed by atoms with Crippen LogP contribution in [0.3, 0.4) is 0 Å². The summed E-state index contributed by atoms with van der Waals surface area (Å²) in [4.78, 5) is 0. The zero-order chi connectivity index (χ0) is 19.3. The molecule has 0 bridgehead atoms. The molecule has 0 radical (unpaired) electrons. The summed E-state index contributed by atoms with van der Waals surface area (Å²) < 4.78 is 0. The fraction of sp³-hybridized carbons (Fsp3) is 0.214. The number of hydrogen-bond acceptors (Lipinski definition) is 0. The zero-order valence-corrected chi connectivity index (χ0v) is 16.9. The molecule has 136 valence electrons. The lowest BCUT2D eigenvalue weighted by molar-refractivity contribution is 0.639. The number of benzene rings is 4. The van der Waals surface area contributed by atoms with Gasteiger partial charge in [-0.25, -0.2) is 0 Å². The highest BCUT2D eigenvalue weighted by Gasteiger charge is 2.40. The van der Waals surface area contributed by atoms with Crippen LogP contribution in [0.2, 0.25) is 0 Å². The van der Waals surface area contributed by atoms with E-state index in [1.807, 2.05) is 0 Å². The second-order valence-corrected chi connectivity index (χ2v) is 9.45. The third-order valence-corrected chi connectivity index (χ3v) is 7.26. The van der Waals surface area contributed by atoms with Gasteiger partial charge in [0.1, 0.15) is 0 Å². The second-order valence-electron chi connectivity index (χ2n) is 9.45. The molecule has 0 heterocycles. The van der Waals surface area contributed by atoms with Gasteiger partial charge in [0.2, 0.25) is 0 Å². The monoisotopic (exact) mass is 360 g/mol. The molecule has 0 atom stereocenters. The standard InChI is InChI=1S/C28H24/c1-27(2)22-13-6-5-11-18(22)20-15-25-21(16-24(20)27)19-12-7-9-17-10-8-14-23(26(17)19)28(25,3)4/h5-16H,1-4H3. The van der Waals surface area contributed by atoms with Crippen molar-refractivity contribution in [3.05, 3.63) is 95.1 Å². The average molecular weight is 361 g/mol. The first-order valence-electron chi connectivity index (χ1n) is 10.2. The fourth-order valence-electron chi connectivity index (χ4n) is 5.72. The van der Waals surface area contributed by atoms with E-state index in [0.29, 0.717) is 0 Å². The van der Waals surface area contributed by atoms with Crippen molar-refractivity contribution in [3.8, 4) is 22.3 Å². The van der Waals surface area contributed by atoms with Crippen molar-refractivity contribution in [2.24, 2.45) is 0 Å². The van der Waals surface area contributed by atoms with Crippen LogP contribution in [0.25, 0.3) is 33.0 Å². The molecule has 0 saturated carbocycles. The Morgan fingerprint density at radius 3 is 1.75 bits per heavy atom. The molecule has 0 N–H and O–H groups in total. The van der Waals surface area contributed by atoms with Crippen LogP contribution < -0.4 is 0 Å². The van der Waals surface area contributed by atoms with Crippen molar-refractivity contribution in [1.82, 2.24) is 0 Å². The highest BCUT2D eigenvalue weighted by atomic mass is 14.4. The minimum Gasteiger partial charge on any atom is -0.0619 e. The van der Waals surface area contributed by atoms with Crippen molar-refractivity contribution >= 4 is 10.8 Å². The van der Waals surface area contributed by atoms with Crippen molar-refractivity contribution in [1.29, 1.82) is 0 Å². The van der Waals surface area contributed by atoms with Gasteiger partial charge in [-0.3, -0.25) is 0 Å². The van der Waals surface area contributed by atoms with E-state index < -0.39 is 0 Å². The first kappa shape index (κ1) is 16.1. The Morgan fingerprint density at radius 1 is 0.464 bits per heavy atom. The predicted octanol–water partition coefficient (Wildman–Crippen LogP) is 7.45. The molecule has 0 heteroatoms. The summed E-state index contributed by atoms with van der Waals surface area (Å²) >= 11 is 0. The summed E-state index contributed by atoms with van der Waals surface area (Å²) in [6, 6.07) is 27.5. The van der Waals surface area contributed by atoms with E-state index in [0.717, 1.165) is 0 Å². The summed E-state index contributed by atoms with van der Waals surface area (Å²) in [5, 5.41) is 2.77. The van der Waals surface area contributed by atoms with E-state index in [4.69, 9.17) is 0 Å². The van der Waals surface area contributed by atoms with Crippen LogP contribution in [0, 0.1) is 0 Å². The largest absolute Gasteiger partial charge is 0.0619 e. The molecule has 0 fully saturated rings. The van der Waals surface area contributed by atoms with Gasteiger partial charge >= 0.3 is 0 Å². The van der Waals surface area contributed by atoms with Crippen LogP contribution in [0.15, 0.2) is 72.8 Å². The van der Waals surface area contributed by atoms with Crippen LogP contribution in [0.4, 0.5) is 0 Å². The van der Waals surface area contributed by atoms with Gasteiger partial charge in [-0.1, -0.05) is 88.4 Å². The first-order chi connectivity index (χ1) is 13.4. The molecule has 6 rings (SSSR count). The molecule has 4 aromatic carbocycles.